The normalized spacial score (nSPS) is 13.2. The number of rotatable bonds is 1. The second kappa shape index (κ2) is 4.43. The van der Waals surface area contributed by atoms with Gasteiger partial charge < -0.3 is 11.1 Å². The standard InChI is InChI=1S/C12H10Cl2N4O/c13-6-1-2-7(9(14)5-6)10-8-3-4-16-11(8)18(17-10)12(15)19/h1-2,5,16H,3-4H2,(H2,15,19). The number of fused-ring (bicyclic) bond motifs is 1. The van der Waals surface area contributed by atoms with Crippen LogP contribution in [0.15, 0.2) is 18.2 Å². The van der Waals surface area contributed by atoms with E-state index in [0.717, 1.165) is 24.1 Å². The van der Waals surface area contributed by atoms with Crippen LogP contribution in [0.1, 0.15) is 5.56 Å². The van der Waals surface area contributed by atoms with Gasteiger partial charge in [-0.05, 0) is 24.6 Å². The zero-order valence-electron chi connectivity index (χ0n) is 9.78. The summed E-state index contributed by atoms with van der Waals surface area (Å²) >= 11 is 12.1. The number of anilines is 1. The highest BCUT2D eigenvalue weighted by molar-refractivity contribution is 6.36. The van der Waals surface area contributed by atoms with Crippen molar-refractivity contribution in [1.82, 2.24) is 9.78 Å². The molecule has 3 rings (SSSR count). The van der Waals surface area contributed by atoms with Crippen LogP contribution < -0.4 is 11.1 Å². The fraction of sp³-hybridized carbons (Fsp3) is 0.167. The van der Waals surface area contributed by atoms with Crippen LogP contribution in [-0.2, 0) is 6.42 Å². The number of carbonyl (C=O) groups excluding carboxylic acids is 1. The molecular formula is C12H10Cl2N4O. The van der Waals surface area contributed by atoms with E-state index in [0.29, 0.717) is 21.6 Å². The minimum Gasteiger partial charge on any atom is -0.369 e. The molecule has 3 N–H and O–H groups in total. The average molecular weight is 297 g/mol. The van der Waals surface area contributed by atoms with Gasteiger partial charge in [-0.25, -0.2) is 4.79 Å². The number of nitrogens with zero attached hydrogens (tertiary/aromatic N) is 2. The Morgan fingerprint density at radius 2 is 2.21 bits per heavy atom. The van der Waals surface area contributed by atoms with Crippen molar-refractivity contribution >= 4 is 35.1 Å². The topological polar surface area (TPSA) is 72.9 Å². The predicted octanol–water partition coefficient (Wildman–Crippen LogP) is 2.75. The monoisotopic (exact) mass is 296 g/mol. The smallest absolute Gasteiger partial charge is 0.341 e. The molecule has 0 spiro atoms. The highest BCUT2D eigenvalue weighted by Gasteiger charge is 2.26. The molecule has 0 radical (unpaired) electrons. The summed E-state index contributed by atoms with van der Waals surface area (Å²) in [4.78, 5) is 11.4. The number of halogens is 2. The summed E-state index contributed by atoms with van der Waals surface area (Å²) in [7, 11) is 0. The van der Waals surface area contributed by atoms with Gasteiger partial charge in [-0.2, -0.15) is 9.78 Å². The predicted molar refractivity (Wildman–Crippen MR) is 74.9 cm³/mol. The molecule has 19 heavy (non-hydrogen) atoms. The molecule has 7 heteroatoms. The van der Waals surface area contributed by atoms with Gasteiger partial charge in [0.1, 0.15) is 5.82 Å². The van der Waals surface area contributed by atoms with E-state index in [1.807, 2.05) is 0 Å². The van der Waals surface area contributed by atoms with Crippen LogP contribution in [0.2, 0.25) is 10.0 Å². The van der Waals surface area contributed by atoms with Gasteiger partial charge >= 0.3 is 6.03 Å². The van der Waals surface area contributed by atoms with Crippen molar-refractivity contribution in [3.05, 3.63) is 33.8 Å². The summed E-state index contributed by atoms with van der Waals surface area (Å²) in [6.45, 7) is 0.749. The van der Waals surface area contributed by atoms with Crippen molar-refractivity contribution in [2.75, 3.05) is 11.9 Å². The van der Waals surface area contributed by atoms with E-state index in [4.69, 9.17) is 28.9 Å². The maximum absolute atomic E-state index is 11.4. The van der Waals surface area contributed by atoms with Gasteiger partial charge in [-0.3, -0.25) is 0 Å². The molecule has 5 nitrogen and oxygen atoms in total. The third kappa shape index (κ3) is 1.95. The Morgan fingerprint density at radius 1 is 1.42 bits per heavy atom. The summed E-state index contributed by atoms with van der Waals surface area (Å²) in [6, 6.07) is 4.55. The van der Waals surface area contributed by atoms with Gasteiger partial charge in [-0.15, -0.1) is 0 Å². The largest absolute Gasteiger partial charge is 0.369 e. The minimum absolute atomic E-state index is 0.497. The Kier molecular flexibility index (Phi) is 2.88. The third-order valence-corrected chi connectivity index (χ3v) is 3.59. The number of hydrogen-bond acceptors (Lipinski definition) is 3. The first kappa shape index (κ1) is 12.3. The lowest BCUT2D eigenvalue weighted by Crippen LogP contribution is -2.22. The van der Waals surface area contributed by atoms with Crippen molar-refractivity contribution in [3.8, 4) is 11.3 Å². The Balaban J connectivity index is 2.21. The van der Waals surface area contributed by atoms with E-state index in [2.05, 4.69) is 10.4 Å². The second-order valence-corrected chi connectivity index (χ2v) is 5.07. The number of primary amides is 1. The molecule has 0 saturated heterocycles. The van der Waals surface area contributed by atoms with E-state index >= 15 is 0 Å². The molecule has 0 bridgehead atoms. The molecule has 98 valence electrons. The lowest BCUT2D eigenvalue weighted by atomic mass is 10.1. The van der Waals surface area contributed by atoms with Crippen molar-refractivity contribution < 1.29 is 4.79 Å². The fourth-order valence-corrected chi connectivity index (χ4v) is 2.73. The number of nitrogens with one attached hydrogen (secondary N) is 1. The number of hydrogen-bond donors (Lipinski definition) is 2. The first-order valence-electron chi connectivity index (χ1n) is 5.69. The Labute approximate surface area is 119 Å². The van der Waals surface area contributed by atoms with Crippen LogP contribution in [0, 0.1) is 0 Å². The number of amides is 1. The van der Waals surface area contributed by atoms with Crippen LogP contribution in [-0.4, -0.2) is 22.4 Å². The van der Waals surface area contributed by atoms with Crippen molar-refractivity contribution in [1.29, 1.82) is 0 Å². The Morgan fingerprint density at radius 3 is 2.89 bits per heavy atom. The summed E-state index contributed by atoms with van der Waals surface area (Å²) < 4.78 is 1.17. The fourth-order valence-electron chi connectivity index (χ4n) is 2.23. The van der Waals surface area contributed by atoms with E-state index < -0.39 is 6.03 Å². The van der Waals surface area contributed by atoms with Crippen molar-refractivity contribution in [2.45, 2.75) is 6.42 Å². The van der Waals surface area contributed by atoms with Gasteiger partial charge in [0.2, 0.25) is 0 Å². The molecule has 1 amide bonds. The molecule has 0 fully saturated rings. The SMILES string of the molecule is NC(=O)n1nc(-c2ccc(Cl)cc2Cl)c2c1NCC2. The van der Waals surface area contributed by atoms with Crippen LogP contribution in [0.25, 0.3) is 11.3 Å². The van der Waals surface area contributed by atoms with Crippen LogP contribution in [0.3, 0.4) is 0 Å². The van der Waals surface area contributed by atoms with E-state index in [1.165, 1.54) is 4.68 Å². The van der Waals surface area contributed by atoms with Gasteiger partial charge in [-0.1, -0.05) is 23.2 Å². The number of aromatic nitrogens is 2. The highest BCUT2D eigenvalue weighted by atomic mass is 35.5. The molecule has 0 unspecified atom stereocenters. The van der Waals surface area contributed by atoms with Gasteiger partial charge in [0.15, 0.2) is 0 Å². The maximum atomic E-state index is 11.4. The molecule has 0 atom stereocenters. The van der Waals surface area contributed by atoms with Crippen LogP contribution >= 0.6 is 23.2 Å². The molecule has 2 aromatic rings. The molecule has 0 saturated carbocycles. The highest BCUT2D eigenvalue weighted by Crippen LogP contribution is 2.36. The maximum Gasteiger partial charge on any atom is 0.341 e. The molecule has 1 aliphatic heterocycles. The number of nitrogens with two attached hydrogens (primary N) is 1. The van der Waals surface area contributed by atoms with Gasteiger partial charge in [0, 0.05) is 22.7 Å². The lowest BCUT2D eigenvalue weighted by Gasteiger charge is -2.03. The minimum atomic E-state index is -0.623. The molecule has 1 aromatic heterocycles. The summed E-state index contributed by atoms with van der Waals surface area (Å²) in [5.41, 5.74) is 7.66. The Bertz CT molecular complexity index is 681. The van der Waals surface area contributed by atoms with Crippen molar-refractivity contribution in [2.24, 2.45) is 5.73 Å². The van der Waals surface area contributed by atoms with E-state index in [-0.39, 0.29) is 0 Å². The third-order valence-electron chi connectivity index (χ3n) is 3.05. The molecule has 1 aromatic carbocycles. The molecule has 0 aliphatic carbocycles. The molecule has 2 heterocycles. The zero-order chi connectivity index (χ0) is 13.6. The number of carbonyl (C=O) groups is 1. The van der Waals surface area contributed by atoms with Gasteiger partial charge in [0.05, 0.1) is 10.7 Å². The molecular weight excluding hydrogens is 287 g/mol. The summed E-state index contributed by atoms with van der Waals surface area (Å²) in [5, 5.41) is 8.40. The van der Waals surface area contributed by atoms with Crippen LogP contribution in [0.5, 0.6) is 0 Å². The summed E-state index contributed by atoms with van der Waals surface area (Å²) in [5.74, 6) is 0.647. The van der Waals surface area contributed by atoms with E-state index in [1.54, 1.807) is 18.2 Å². The van der Waals surface area contributed by atoms with E-state index in [9.17, 15) is 4.79 Å². The first-order chi connectivity index (χ1) is 9.08. The first-order valence-corrected chi connectivity index (χ1v) is 6.44. The van der Waals surface area contributed by atoms with Crippen molar-refractivity contribution in [3.63, 3.8) is 0 Å². The molecule has 1 aliphatic rings. The zero-order valence-corrected chi connectivity index (χ0v) is 11.3. The Hall–Kier alpha value is -1.72. The summed E-state index contributed by atoms with van der Waals surface area (Å²) in [6.07, 6.45) is 0.775. The quantitative estimate of drug-likeness (QED) is 0.850. The second-order valence-electron chi connectivity index (χ2n) is 4.23. The lowest BCUT2D eigenvalue weighted by molar-refractivity contribution is 0.248. The van der Waals surface area contributed by atoms with Gasteiger partial charge in [0.25, 0.3) is 0 Å². The van der Waals surface area contributed by atoms with Crippen LogP contribution in [0.4, 0.5) is 10.6 Å². The average Bonchev–Trinajstić information content (AvgIpc) is 2.90. The number of benzene rings is 1.